The van der Waals surface area contributed by atoms with Crippen molar-refractivity contribution >= 4 is 17.4 Å². The van der Waals surface area contributed by atoms with Gasteiger partial charge in [-0.05, 0) is 30.2 Å². The maximum absolute atomic E-state index is 12.1. The highest BCUT2D eigenvalue weighted by atomic mass is 16.2. The summed E-state index contributed by atoms with van der Waals surface area (Å²) in [5.74, 6) is 0.758. The number of carbonyl (C=O) groups is 1. The zero-order valence-electron chi connectivity index (χ0n) is 14.0. The normalized spacial score (nSPS) is 18.3. The molecule has 1 aliphatic rings. The molecule has 1 amide bonds. The number of benzene rings is 1. The molecule has 1 aromatic carbocycles. The van der Waals surface area contributed by atoms with Crippen LogP contribution in [0.15, 0.2) is 42.7 Å². The Bertz CT molecular complexity index is 919. The lowest BCUT2D eigenvalue weighted by Crippen LogP contribution is -2.43. The van der Waals surface area contributed by atoms with Gasteiger partial charge in [0.05, 0.1) is 12.2 Å². The van der Waals surface area contributed by atoms with Crippen molar-refractivity contribution in [3.05, 3.63) is 48.3 Å². The molecule has 0 unspecified atom stereocenters. The first kappa shape index (κ1) is 15.6. The van der Waals surface area contributed by atoms with Crippen LogP contribution in [0.4, 0.5) is 5.82 Å². The van der Waals surface area contributed by atoms with E-state index in [0.717, 1.165) is 28.2 Å². The van der Waals surface area contributed by atoms with E-state index in [1.165, 1.54) is 0 Å². The Hall–Kier alpha value is -2.93. The van der Waals surface area contributed by atoms with Crippen molar-refractivity contribution in [2.45, 2.75) is 19.5 Å². The second-order valence-corrected chi connectivity index (χ2v) is 6.16. The highest BCUT2D eigenvalue weighted by molar-refractivity contribution is 5.81. The van der Waals surface area contributed by atoms with E-state index < -0.39 is 0 Å². The molecular formula is C18H20N6O. The van der Waals surface area contributed by atoms with Gasteiger partial charge in [-0.25, -0.2) is 9.50 Å². The van der Waals surface area contributed by atoms with Gasteiger partial charge in [0.15, 0.2) is 5.65 Å². The minimum Gasteiger partial charge on any atom is -0.368 e. The predicted octanol–water partition coefficient (Wildman–Crippen LogP) is 1.42. The van der Waals surface area contributed by atoms with Gasteiger partial charge in [0.25, 0.3) is 0 Å². The van der Waals surface area contributed by atoms with E-state index in [-0.39, 0.29) is 11.9 Å². The number of nitrogens with zero attached hydrogens (tertiary/aromatic N) is 3. The summed E-state index contributed by atoms with van der Waals surface area (Å²) in [5.41, 5.74) is 3.97. The third-order valence-corrected chi connectivity index (χ3v) is 4.34. The lowest BCUT2D eigenvalue weighted by atomic mass is 10.1. The van der Waals surface area contributed by atoms with Crippen molar-refractivity contribution in [3.63, 3.8) is 0 Å². The molecule has 128 valence electrons. The molecule has 1 atom stereocenters. The van der Waals surface area contributed by atoms with Gasteiger partial charge in [-0.3, -0.25) is 4.79 Å². The van der Waals surface area contributed by atoms with Gasteiger partial charge in [-0.15, -0.1) is 0 Å². The zero-order valence-corrected chi connectivity index (χ0v) is 14.0. The number of rotatable bonds is 0. The van der Waals surface area contributed by atoms with Gasteiger partial charge < -0.3 is 16.0 Å². The van der Waals surface area contributed by atoms with Crippen LogP contribution in [0.25, 0.3) is 16.8 Å². The van der Waals surface area contributed by atoms with E-state index in [0.29, 0.717) is 19.6 Å². The number of nitrogens with one attached hydrogen (secondary N) is 3. The second-order valence-electron chi connectivity index (χ2n) is 6.16. The Labute approximate surface area is 145 Å². The molecule has 0 saturated carbocycles. The van der Waals surface area contributed by atoms with Crippen molar-refractivity contribution < 1.29 is 4.79 Å². The fourth-order valence-electron chi connectivity index (χ4n) is 2.91. The molecule has 1 aliphatic heterocycles. The third kappa shape index (κ3) is 3.18. The Balaban J connectivity index is 1.77. The first-order valence-electron chi connectivity index (χ1n) is 8.39. The predicted molar refractivity (Wildman–Crippen MR) is 96.2 cm³/mol. The first-order chi connectivity index (χ1) is 12.2. The molecule has 3 aromatic rings. The molecule has 0 spiro atoms. The molecule has 4 rings (SSSR count). The number of hydrogen-bond donors (Lipinski definition) is 3. The summed E-state index contributed by atoms with van der Waals surface area (Å²) in [4.78, 5) is 16.8. The van der Waals surface area contributed by atoms with Crippen molar-refractivity contribution in [2.24, 2.45) is 0 Å². The molecule has 25 heavy (non-hydrogen) atoms. The summed E-state index contributed by atoms with van der Waals surface area (Å²) in [7, 11) is 0. The first-order valence-corrected chi connectivity index (χ1v) is 8.39. The maximum Gasteiger partial charge on any atom is 0.236 e. The van der Waals surface area contributed by atoms with Crippen LogP contribution in [0.1, 0.15) is 12.5 Å². The molecule has 0 radical (unpaired) electrons. The summed E-state index contributed by atoms with van der Waals surface area (Å²) in [6, 6.07) is 9.85. The molecule has 0 aliphatic carbocycles. The molecule has 7 nitrogen and oxygen atoms in total. The van der Waals surface area contributed by atoms with Crippen molar-refractivity contribution in [1.82, 2.24) is 25.2 Å². The number of fused-ring (bicyclic) bond motifs is 4. The van der Waals surface area contributed by atoms with Crippen LogP contribution in [0.3, 0.4) is 0 Å². The second kappa shape index (κ2) is 6.52. The maximum atomic E-state index is 12.1. The largest absolute Gasteiger partial charge is 0.368 e. The number of hydrogen-bond acceptors (Lipinski definition) is 5. The molecule has 3 N–H and O–H groups in total. The van der Waals surface area contributed by atoms with Crippen LogP contribution < -0.4 is 16.0 Å². The van der Waals surface area contributed by atoms with Crippen LogP contribution in [0, 0.1) is 0 Å². The number of aromatic nitrogens is 3. The fraction of sp³-hybridized carbons (Fsp3) is 0.278. The van der Waals surface area contributed by atoms with Crippen LogP contribution in [0.2, 0.25) is 0 Å². The standard InChI is InChI=1S/C18H20N6O/c1-12-18(25)20-7-6-19-16-5-8-24-17(23-16)15(11-22-24)14-4-2-3-13(9-14)10-21-12/h2-5,8-9,11-12,21H,6-7,10H2,1H3,(H,19,23)(H,20,25)/t12-/m0/s1. The Morgan fingerprint density at radius 1 is 1.20 bits per heavy atom. The SMILES string of the molecule is C[C@@H]1NCc2cccc(c2)-c2cnn3ccc(nc23)NCCNC1=O. The van der Waals surface area contributed by atoms with Crippen LogP contribution >= 0.6 is 0 Å². The molecule has 0 saturated heterocycles. The number of amides is 1. The molecule has 0 fully saturated rings. The van der Waals surface area contributed by atoms with Crippen LogP contribution in [-0.4, -0.2) is 39.6 Å². The van der Waals surface area contributed by atoms with Gasteiger partial charge in [0, 0.05) is 31.4 Å². The van der Waals surface area contributed by atoms with E-state index >= 15 is 0 Å². The highest BCUT2D eigenvalue weighted by Crippen LogP contribution is 2.25. The third-order valence-electron chi connectivity index (χ3n) is 4.34. The van der Waals surface area contributed by atoms with Gasteiger partial charge >= 0.3 is 0 Å². The molecule has 3 heterocycles. The monoisotopic (exact) mass is 336 g/mol. The molecule has 7 heteroatoms. The summed E-state index contributed by atoms with van der Waals surface area (Å²) in [6.45, 7) is 3.64. The Morgan fingerprint density at radius 3 is 3.00 bits per heavy atom. The van der Waals surface area contributed by atoms with E-state index in [9.17, 15) is 4.79 Å². The Morgan fingerprint density at radius 2 is 2.08 bits per heavy atom. The summed E-state index contributed by atoms with van der Waals surface area (Å²) in [5, 5.41) is 13.8. The van der Waals surface area contributed by atoms with Gasteiger partial charge in [0.2, 0.25) is 5.91 Å². The smallest absolute Gasteiger partial charge is 0.236 e. The van der Waals surface area contributed by atoms with Crippen molar-refractivity contribution in [1.29, 1.82) is 0 Å². The van der Waals surface area contributed by atoms with E-state index in [2.05, 4.69) is 38.2 Å². The minimum atomic E-state index is -0.254. The topological polar surface area (TPSA) is 83.3 Å². The average Bonchev–Trinajstić information content (AvgIpc) is 3.06. The lowest BCUT2D eigenvalue weighted by Gasteiger charge is -2.14. The highest BCUT2D eigenvalue weighted by Gasteiger charge is 2.13. The van der Waals surface area contributed by atoms with E-state index in [4.69, 9.17) is 0 Å². The van der Waals surface area contributed by atoms with E-state index in [1.54, 1.807) is 4.52 Å². The molecule has 2 aromatic heterocycles. The number of anilines is 1. The van der Waals surface area contributed by atoms with Gasteiger partial charge in [0.1, 0.15) is 5.82 Å². The van der Waals surface area contributed by atoms with E-state index in [1.807, 2.05) is 37.5 Å². The lowest BCUT2D eigenvalue weighted by molar-refractivity contribution is -0.122. The fourth-order valence-corrected chi connectivity index (χ4v) is 2.91. The quantitative estimate of drug-likeness (QED) is 0.578. The summed E-state index contributed by atoms with van der Waals surface area (Å²) in [6.07, 6.45) is 3.72. The average molecular weight is 336 g/mol. The zero-order chi connectivity index (χ0) is 17.2. The number of carbonyl (C=O) groups excluding carboxylic acids is 1. The van der Waals surface area contributed by atoms with Crippen molar-refractivity contribution in [2.75, 3.05) is 18.4 Å². The minimum absolute atomic E-state index is 0.00659. The van der Waals surface area contributed by atoms with Gasteiger partial charge in [-0.2, -0.15) is 5.10 Å². The molecular weight excluding hydrogens is 316 g/mol. The molecule has 4 bridgehead atoms. The van der Waals surface area contributed by atoms with Crippen LogP contribution in [0.5, 0.6) is 0 Å². The Kier molecular flexibility index (Phi) is 4.07. The summed E-state index contributed by atoms with van der Waals surface area (Å²) >= 11 is 0. The summed E-state index contributed by atoms with van der Waals surface area (Å²) < 4.78 is 1.77. The van der Waals surface area contributed by atoms with Crippen molar-refractivity contribution in [3.8, 4) is 11.1 Å². The van der Waals surface area contributed by atoms with Gasteiger partial charge in [-0.1, -0.05) is 18.2 Å². The van der Waals surface area contributed by atoms with Crippen LogP contribution in [-0.2, 0) is 11.3 Å².